The number of fused-ring (bicyclic) bond motifs is 1. The average molecular weight is 435 g/mol. The first-order chi connectivity index (χ1) is 15.2. The van der Waals surface area contributed by atoms with Gasteiger partial charge in [-0.15, -0.1) is 11.3 Å². The maximum absolute atomic E-state index is 14.1. The Kier molecular flexibility index (Phi) is 5.17. The normalized spacial score (nSPS) is 14.1. The highest BCUT2D eigenvalue weighted by Gasteiger charge is 2.26. The summed E-state index contributed by atoms with van der Waals surface area (Å²) in [5.74, 6) is 0.720. The molecule has 0 unspecified atom stereocenters. The van der Waals surface area contributed by atoms with E-state index < -0.39 is 5.82 Å². The van der Waals surface area contributed by atoms with Gasteiger partial charge in [-0.05, 0) is 35.7 Å². The molecule has 0 aliphatic carbocycles. The van der Waals surface area contributed by atoms with Crippen LogP contribution in [0.1, 0.15) is 10.4 Å². The molecule has 7 nitrogen and oxygen atoms in total. The zero-order chi connectivity index (χ0) is 21.2. The lowest BCUT2D eigenvalue weighted by molar-refractivity contribution is 0.0747. The Morgan fingerprint density at radius 2 is 1.84 bits per heavy atom. The molecule has 4 heterocycles. The number of pyridine rings is 1. The van der Waals surface area contributed by atoms with Gasteiger partial charge in [0.25, 0.3) is 5.91 Å². The Morgan fingerprint density at radius 3 is 2.68 bits per heavy atom. The van der Waals surface area contributed by atoms with Crippen molar-refractivity contribution in [1.82, 2.24) is 19.9 Å². The van der Waals surface area contributed by atoms with E-state index >= 15 is 0 Å². The molecule has 1 aliphatic rings. The second-order valence-electron chi connectivity index (χ2n) is 7.12. The van der Waals surface area contributed by atoms with Crippen LogP contribution < -0.4 is 10.2 Å². The minimum absolute atomic E-state index is 0.130. The summed E-state index contributed by atoms with van der Waals surface area (Å²) in [7, 11) is 0. The molecule has 3 aromatic heterocycles. The fourth-order valence-electron chi connectivity index (χ4n) is 3.69. The topological polar surface area (TPSA) is 74.2 Å². The number of hydrogen-bond acceptors (Lipinski definition) is 7. The van der Waals surface area contributed by atoms with Gasteiger partial charge >= 0.3 is 0 Å². The van der Waals surface area contributed by atoms with E-state index in [1.165, 1.54) is 6.07 Å². The second-order valence-corrected chi connectivity index (χ2v) is 8.01. The number of benzene rings is 1. The Morgan fingerprint density at radius 1 is 1.00 bits per heavy atom. The maximum atomic E-state index is 14.1. The first kappa shape index (κ1) is 19.4. The van der Waals surface area contributed by atoms with Crippen LogP contribution in [-0.2, 0) is 0 Å². The smallest absolute Gasteiger partial charge is 0.257 e. The van der Waals surface area contributed by atoms with Crippen molar-refractivity contribution in [2.75, 3.05) is 36.4 Å². The van der Waals surface area contributed by atoms with E-state index in [2.05, 4.69) is 25.2 Å². The van der Waals surface area contributed by atoms with Crippen molar-refractivity contribution in [2.45, 2.75) is 0 Å². The van der Waals surface area contributed by atoms with Gasteiger partial charge in [0.15, 0.2) is 0 Å². The summed E-state index contributed by atoms with van der Waals surface area (Å²) in [6.07, 6.45) is 3.17. The highest BCUT2D eigenvalue weighted by Crippen LogP contribution is 2.28. The summed E-state index contributed by atoms with van der Waals surface area (Å²) in [5.41, 5.74) is 0.699. The lowest BCUT2D eigenvalue weighted by atomic mass is 10.2. The highest BCUT2D eigenvalue weighted by atomic mass is 32.1. The Bertz CT molecular complexity index is 1240. The summed E-state index contributed by atoms with van der Waals surface area (Å²) in [5, 5.41) is 6.00. The van der Waals surface area contributed by atoms with E-state index in [0.717, 1.165) is 16.0 Å². The predicted molar refractivity (Wildman–Crippen MR) is 119 cm³/mol. The zero-order valence-corrected chi connectivity index (χ0v) is 17.3. The summed E-state index contributed by atoms with van der Waals surface area (Å²) in [6, 6.07) is 11.8. The maximum Gasteiger partial charge on any atom is 0.257 e. The number of nitrogens with one attached hydrogen (secondary N) is 1. The van der Waals surface area contributed by atoms with Gasteiger partial charge in [0.05, 0.1) is 16.6 Å². The number of nitrogens with zero attached hydrogens (tertiary/aromatic N) is 5. The third-order valence-electron chi connectivity index (χ3n) is 5.27. The van der Waals surface area contributed by atoms with Crippen LogP contribution in [0.2, 0.25) is 0 Å². The molecule has 0 radical (unpaired) electrons. The van der Waals surface area contributed by atoms with Crippen molar-refractivity contribution in [3.63, 3.8) is 0 Å². The third-order valence-corrected chi connectivity index (χ3v) is 6.09. The van der Waals surface area contributed by atoms with E-state index in [-0.39, 0.29) is 11.6 Å². The molecule has 1 N–H and O–H groups in total. The molecule has 4 aromatic rings. The molecular weight excluding hydrogens is 415 g/mol. The molecule has 9 heteroatoms. The van der Waals surface area contributed by atoms with Crippen molar-refractivity contribution < 1.29 is 9.18 Å². The average Bonchev–Trinajstić information content (AvgIpc) is 3.30. The van der Waals surface area contributed by atoms with Crippen LogP contribution in [0, 0.1) is 5.82 Å². The molecule has 31 heavy (non-hydrogen) atoms. The molecule has 1 aliphatic heterocycles. The van der Waals surface area contributed by atoms with Crippen LogP contribution in [0.5, 0.6) is 0 Å². The summed E-state index contributed by atoms with van der Waals surface area (Å²) in [4.78, 5) is 31.2. The number of carbonyl (C=O) groups excluding carboxylic acids is 1. The molecule has 0 saturated carbocycles. The largest absolute Gasteiger partial charge is 0.352 e. The van der Waals surface area contributed by atoms with Gasteiger partial charge in [-0.2, -0.15) is 0 Å². The number of hydrogen-bond donors (Lipinski definition) is 1. The number of aromatic nitrogens is 3. The van der Waals surface area contributed by atoms with Crippen molar-refractivity contribution in [3.05, 3.63) is 71.7 Å². The molecular formula is C22H19FN6OS. The van der Waals surface area contributed by atoms with Crippen molar-refractivity contribution in [2.24, 2.45) is 0 Å². The van der Waals surface area contributed by atoms with Crippen LogP contribution >= 0.6 is 11.3 Å². The fourth-order valence-corrected chi connectivity index (χ4v) is 4.42. The van der Waals surface area contributed by atoms with E-state index in [9.17, 15) is 9.18 Å². The first-order valence-electron chi connectivity index (χ1n) is 9.90. The van der Waals surface area contributed by atoms with Gasteiger partial charge in [-0.25, -0.2) is 19.3 Å². The van der Waals surface area contributed by atoms with E-state index in [0.29, 0.717) is 37.6 Å². The summed E-state index contributed by atoms with van der Waals surface area (Å²) in [6.45, 7) is 2.46. The summed E-state index contributed by atoms with van der Waals surface area (Å²) < 4.78 is 14.1. The zero-order valence-electron chi connectivity index (χ0n) is 16.5. The van der Waals surface area contributed by atoms with Crippen LogP contribution in [0.4, 0.5) is 21.7 Å². The molecule has 5 rings (SSSR count). The van der Waals surface area contributed by atoms with Crippen molar-refractivity contribution in [1.29, 1.82) is 0 Å². The number of anilines is 3. The highest BCUT2D eigenvalue weighted by molar-refractivity contribution is 7.16. The van der Waals surface area contributed by atoms with E-state index in [1.54, 1.807) is 59.1 Å². The van der Waals surface area contributed by atoms with Gasteiger partial charge in [-0.1, -0.05) is 12.1 Å². The second kappa shape index (κ2) is 8.27. The number of thiophene rings is 1. The Balaban J connectivity index is 1.32. The first-order valence-corrected chi connectivity index (χ1v) is 10.8. The van der Waals surface area contributed by atoms with Crippen LogP contribution in [0.15, 0.2) is 60.4 Å². The number of para-hydroxylation sites is 1. The third kappa shape index (κ3) is 3.79. The Hall–Kier alpha value is -3.59. The van der Waals surface area contributed by atoms with Gasteiger partial charge in [0.2, 0.25) is 0 Å². The van der Waals surface area contributed by atoms with Crippen LogP contribution in [0.3, 0.4) is 0 Å². The monoisotopic (exact) mass is 434 g/mol. The number of halogens is 1. The van der Waals surface area contributed by atoms with Gasteiger partial charge < -0.3 is 15.1 Å². The standard InChI is InChI=1S/C22H19FN6OS/c23-17-5-1-2-6-18(17)27-19-15(4-3-8-24-19)22(30)29-11-9-28(10-12-29)20-16-7-13-31-21(16)26-14-25-20/h1-8,13-14H,9-12H2,(H,24,27). The van der Waals surface area contributed by atoms with E-state index in [4.69, 9.17) is 0 Å². The molecule has 1 aromatic carbocycles. The van der Waals surface area contributed by atoms with Crippen LogP contribution in [0.25, 0.3) is 10.2 Å². The molecule has 1 saturated heterocycles. The number of rotatable bonds is 4. The van der Waals surface area contributed by atoms with E-state index in [1.807, 2.05) is 11.4 Å². The van der Waals surface area contributed by atoms with Crippen LogP contribution in [-0.4, -0.2) is 51.9 Å². The molecule has 0 bridgehead atoms. The molecule has 1 fully saturated rings. The fraction of sp³-hybridized carbons (Fsp3) is 0.182. The molecule has 0 spiro atoms. The van der Waals surface area contributed by atoms with Crippen molar-refractivity contribution >= 4 is 44.8 Å². The molecule has 1 amide bonds. The predicted octanol–water partition coefficient (Wildman–Crippen LogP) is 3.93. The minimum Gasteiger partial charge on any atom is -0.352 e. The lowest BCUT2D eigenvalue weighted by Gasteiger charge is -2.35. The molecule has 0 atom stereocenters. The number of carbonyl (C=O) groups is 1. The Labute approximate surface area is 182 Å². The number of piperazine rings is 1. The summed E-state index contributed by atoms with van der Waals surface area (Å²) >= 11 is 1.59. The van der Waals surface area contributed by atoms with Gasteiger partial charge in [0, 0.05) is 32.4 Å². The minimum atomic E-state index is -0.398. The van der Waals surface area contributed by atoms with Crippen molar-refractivity contribution in [3.8, 4) is 0 Å². The van der Waals surface area contributed by atoms with Gasteiger partial charge in [0.1, 0.15) is 28.6 Å². The SMILES string of the molecule is O=C(c1cccnc1Nc1ccccc1F)N1CCN(c2ncnc3sccc23)CC1. The number of amides is 1. The quantitative estimate of drug-likeness (QED) is 0.525. The molecule has 156 valence electrons. The lowest BCUT2D eigenvalue weighted by Crippen LogP contribution is -2.49. The van der Waals surface area contributed by atoms with Gasteiger partial charge in [-0.3, -0.25) is 4.79 Å².